The number of likely N-dealkylation sites (tertiary alicyclic amines) is 1. The first-order valence-corrected chi connectivity index (χ1v) is 11.7. The number of aliphatic hydroxyl groups excluding tert-OH is 1. The Kier molecular flexibility index (Phi) is 7.54. The highest BCUT2D eigenvalue weighted by molar-refractivity contribution is 5.78. The van der Waals surface area contributed by atoms with Gasteiger partial charge in [-0.25, -0.2) is 4.79 Å². The average Bonchev–Trinajstić information content (AvgIpc) is 3.46. The molecule has 2 aliphatic heterocycles. The maximum atomic E-state index is 13.0. The van der Waals surface area contributed by atoms with Crippen LogP contribution >= 0.6 is 0 Å². The van der Waals surface area contributed by atoms with Crippen LogP contribution in [0.5, 0.6) is 0 Å². The van der Waals surface area contributed by atoms with E-state index in [0.717, 1.165) is 45.3 Å². The van der Waals surface area contributed by atoms with Crippen molar-refractivity contribution in [1.29, 1.82) is 0 Å². The summed E-state index contributed by atoms with van der Waals surface area (Å²) in [6, 6.07) is -0.181. The SMILES string of the molecule is COC[C@H](CCN1CCC2(CC2)C(O)C1)N1CC(C)N(C(=O)OC(C)(C)C)CCC1=O. The Morgan fingerprint density at radius 2 is 1.94 bits per heavy atom. The fourth-order valence-corrected chi connectivity index (χ4v) is 4.89. The molecule has 0 aromatic rings. The third kappa shape index (κ3) is 6.11. The number of β-amino-alcohol motifs (C(OH)–C–C–N with tert-alkyl or cyclic N) is 1. The van der Waals surface area contributed by atoms with Crippen LogP contribution in [0.3, 0.4) is 0 Å². The van der Waals surface area contributed by atoms with Crippen LogP contribution in [0.2, 0.25) is 0 Å². The molecule has 0 radical (unpaired) electrons. The highest BCUT2D eigenvalue weighted by Crippen LogP contribution is 2.53. The Bertz CT molecular complexity index is 646. The largest absolute Gasteiger partial charge is 0.444 e. The number of ether oxygens (including phenoxy) is 2. The molecule has 2 saturated heterocycles. The quantitative estimate of drug-likeness (QED) is 0.683. The van der Waals surface area contributed by atoms with Gasteiger partial charge in [0.15, 0.2) is 0 Å². The van der Waals surface area contributed by atoms with Crippen LogP contribution < -0.4 is 0 Å². The molecule has 8 nitrogen and oxygen atoms in total. The summed E-state index contributed by atoms with van der Waals surface area (Å²) in [5.41, 5.74) is -0.368. The zero-order chi connectivity index (χ0) is 22.8. The second kappa shape index (κ2) is 9.63. The molecular formula is C23H41N3O5. The molecule has 0 aromatic carbocycles. The summed E-state index contributed by atoms with van der Waals surface area (Å²) in [7, 11) is 1.66. The number of rotatable bonds is 6. The van der Waals surface area contributed by atoms with E-state index in [2.05, 4.69) is 4.90 Å². The van der Waals surface area contributed by atoms with Gasteiger partial charge in [-0.15, -0.1) is 0 Å². The lowest BCUT2D eigenvalue weighted by molar-refractivity contribution is -0.134. The Labute approximate surface area is 186 Å². The molecule has 1 N–H and O–H groups in total. The number of nitrogens with zero attached hydrogens (tertiary/aromatic N) is 3. The number of amides is 2. The van der Waals surface area contributed by atoms with E-state index < -0.39 is 5.60 Å². The zero-order valence-electron chi connectivity index (χ0n) is 19.9. The lowest BCUT2D eigenvalue weighted by atomic mass is 9.90. The van der Waals surface area contributed by atoms with Gasteiger partial charge in [-0.1, -0.05) is 0 Å². The number of aliphatic hydroxyl groups is 1. The maximum absolute atomic E-state index is 13.0. The number of carbonyl (C=O) groups excluding carboxylic acids is 2. The fraction of sp³-hybridized carbons (Fsp3) is 0.913. The van der Waals surface area contributed by atoms with Gasteiger partial charge in [0.2, 0.25) is 5.91 Å². The molecule has 2 heterocycles. The van der Waals surface area contributed by atoms with Crippen molar-refractivity contribution in [1.82, 2.24) is 14.7 Å². The minimum Gasteiger partial charge on any atom is -0.444 e. The summed E-state index contributed by atoms with van der Waals surface area (Å²) in [4.78, 5) is 31.5. The molecule has 8 heteroatoms. The summed E-state index contributed by atoms with van der Waals surface area (Å²) in [5, 5.41) is 10.5. The van der Waals surface area contributed by atoms with Gasteiger partial charge < -0.3 is 29.3 Å². The first-order chi connectivity index (χ1) is 14.5. The Hall–Kier alpha value is -1.38. The molecule has 178 valence electrons. The van der Waals surface area contributed by atoms with E-state index in [9.17, 15) is 14.7 Å². The van der Waals surface area contributed by atoms with Crippen molar-refractivity contribution in [2.24, 2.45) is 5.41 Å². The Morgan fingerprint density at radius 3 is 2.52 bits per heavy atom. The van der Waals surface area contributed by atoms with Crippen LogP contribution in [0, 0.1) is 5.41 Å². The third-order valence-electron chi connectivity index (χ3n) is 7.04. The zero-order valence-corrected chi connectivity index (χ0v) is 19.9. The van der Waals surface area contributed by atoms with Gasteiger partial charge in [-0.2, -0.15) is 0 Å². The first-order valence-electron chi connectivity index (χ1n) is 11.7. The van der Waals surface area contributed by atoms with E-state index >= 15 is 0 Å². The van der Waals surface area contributed by atoms with Crippen molar-refractivity contribution in [3.05, 3.63) is 0 Å². The molecule has 31 heavy (non-hydrogen) atoms. The van der Waals surface area contributed by atoms with Crippen molar-refractivity contribution >= 4 is 12.0 Å². The summed E-state index contributed by atoms with van der Waals surface area (Å²) < 4.78 is 11.0. The maximum Gasteiger partial charge on any atom is 0.410 e. The molecule has 2 amide bonds. The van der Waals surface area contributed by atoms with E-state index in [-0.39, 0.29) is 42.0 Å². The number of methoxy groups -OCH3 is 1. The summed E-state index contributed by atoms with van der Waals surface area (Å²) >= 11 is 0. The average molecular weight is 440 g/mol. The van der Waals surface area contributed by atoms with Gasteiger partial charge in [0.05, 0.1) is 18.8 Å². The predicted molar refractivity (Wildman–Crippen MR) is 118 cm³/mol. The second-order valence-electron chi connectivity index (χ2n) is 10.6. The molecule has 2 unspecified atom stereocenters. The Morgan fingerprint density at radius 1 is 1.23 bits per heavy atom. The van der Waals surface area contributed by atoms with Crippen molar-refractivity contribution in [2.45, 2.75) is 83.6 Å². The predicted octanol–water partition coefficient (Wildman–Crippen LogP) is 2.10. The second-order valence-corrected chi connectivity index (χ2v) is 10.6. The highest BCUT2D eigenvalue weighted by atomic mass is 16.6. The molecule has 3 atom stereocenters. The smallest absolute Gasteiger partial charge is 0.410 e. The van der Waals surface area contributed by atoms with Crippen molar-refractivity contribution in [3.63, 3.8) is 0 Å². The number of hydrogen-bond acceptors (Lipinski definition) is 6. The third-order valence-corrected chi connectivity index (χ3v) is 7.04. The van der Waals surface area contributed by atoms with Crippen LogP contribution in [-0.4, -0.2) is 102 Å². The first kappa shape index (κ1) is 24.3. The van der Waals surface area contributed by atoms with Crippen molar-refractivity contribution < 1.29 is 24.2 Å². The van der Waals surface area contributed by atoms with Gasteiger partial charge in [0.25, 0.3) is 0 Å². The summed E-state index contributed by atoms with van der Waals surface area (Å²) in [6.45, 7) is 11.4. The van der Waals surface area contributed by atoms with Crippen LogP contribution in [0.15, 0.2) is 0 Å². The molecule has 0 bridgehead atoms. The van der Waals surface area contributed by atoms with Gasteiger partial charge >= 0.3 is 6.09 Å². The van der Waals surface area contributed by atoms with Crippen LogP contribution in [0.1, 0.15) is 59.8 Å². The number of carbonyl (C=O) groups is 2. The molecular weight excluding hydrogens is 398 g/mol. The molecule has 3 rings (SSSR count). The molecule has 3 fully saturated rings. The lowest BCUT2D eigenvalue weighted by Gasteiger charge is -2.38. The van der Waals surface area contributed by atoms with Crippen LogP contribution in [0.4, 0.5) is 4.79 Å². The van der Waals surface area contributed by atoms with Gasteiger partial charge in [-0.3, -0.25) is 4.79 Å². The standard InChI is InChI=1S/C23H41N3O5/c1-17-14-26(20(28)7-12-25(17)21(29)31-22(2,3)4)18(16-30-5)6-11-24-13-10-23(8-9-23)19(27)15-24/h17-19,27H,6-16H2,1-5H3/t17?,18-,19?/m0/s1. The normalized spacial score (nSPS) is 27.9. The molecule has 3 aliphatic rings. The van der Waals surface area contributed by atoms with Gasteiger partial charge in [0, 0.05) is 45.8 Å². The lowest BCUT2D eigenvalue weighted by Crippen LogP contribution is -2.50. The van der Waals surface area contributed by atoms with E-state index in [1.165, 1.54) is 0 Å². The minimum absolute atomic E-state index is 0.0486. The van der Waals surface area contributed by atoms with Crippen molar-refractivity contribution in [3.8, 4) is 0 Å². The minimum atomic E-state index is -0.566. The Balaban J connectivity index is 1.59. The molecule has 0 aromatic heterocycles. The summed E-state index contributed by atoms with van der Waals surface area (Å²) in [6.07, 6.45) is 3.85. The topological polar surface area (TPSA) is 82.6 Å². The highest BCUT2D eigenvalue weighted by Gasteiger charge is 2.51. The number of hydrogen-bond donors (Lipinski definition) is 1. The number of piperidine rings is 1. The molecule has 1 saturated carbocycles. The summed E-state index contributed by atoms with van der Waals surface area (Å²) in [5.74, 6) is 0.0515. The van der Waals surface area contributed by atoms with Crippen molar-refractivity contribution in [2.75, 3.05) is 46.4 Å². The van der Waals surface area contributed by atoms with Gasteiger partial charge in [-0.05, 0) is 65.3 Å². The van der Waals surface area contributed by atoms with E-state index in [0.29, 0.717) is 19.7 Å². The molecule has 1 spiro atoms. The van der Waals surface area contributed by atoms with Gasteiger partial charge in [0.1, 0.15) is 5.60 Å². The van der Waals surface area contributed by atoms with E-state index in [4.69, 9.17) is 9.47 Å². The van der Waals surface area contributed by atoms with E-state index in [1.807, 2.05) is 32.6 Å². The van der Waals surface area contributed by atoms with Crippen LogP contribution in [0.25, 0.3) is 0 Å². The van der Waals surface area contributed by atoms with Crippen LogP contribution in [-0.2, 0) is 14.3 Å². The monoisotopic (exact) mass is 439 g/mol. The molecule has 1 aliphatic carbocycles. The fourth-order valence-electron chi connectivity index (χ4n) is 4.89. The van der Waals surface area contributed by atoms with E-state index in [1.54, 1.807) is 12.0 Å².